The number of nitrogens with zero attached hydrogens (tertiary/aromatic N) is 1. The third-order valence-corrected chi connectivity index (χ3v) is 5.65. The van der Waals surface area contributed by atoms with Crippen LogP contribution in [0.2, 0.25) is 0 Å². The van der Waals surface area contributed by atoms with Crippen molar-refractivity contribution < 1.29 is 0 Å². The molecule has 2 rings (SSSR count). The molecule has 2 aliphatic rings. The molecule has 16 heavy (non-hydrogen) atoms. The highest BCUT2D eigenvalue weighted by molar-refractivity contribution is 8.00. The van der Waals surface area contributed by atoms with Gasteiger partial charge in [0.15, 0.2) is 0 Å². The smallest absolute Gasteiger partial charge is 0.0170 e. The molecule has 0 aromatic carbocycles. The van der Waals surface area contributed by atoms with Crippen molar-refractivity contribution in [2.45, 2.75) is 36.8 Å². The lowest BCUT2D eigenvalue weighted by atomic mass is 10.2. The van der Waals surface area contributed by atoms with Gasteiger partial charge in [0.2, 0.25) is 0 Å². The van der Waals surface area contributed by atoms with Crippen LogP contribution in [0.15, 0.2) is 0 Å². The third kappa shape index (κ3) is 4.13. The fraction of sp³-hybridized carbons (Fsp3) is 1.00. The molecule has 1 N–H and O–H groups in total. The first-order valence-electron chi connectivity index (χ1n) is 6.43. The first-order chi connectivity index (χ1) is 7.74. The summed E-state index contributed by atoms with van der Waals surface area (Å²) in [5.41, 5.74) is 0. The van der Waals surface area contributed by atoms with Crippen molar-refractivity contribution in [1.29, 1.82) is 0 Å². The van der Waals surface area contributed by atoms with Crippen LogP contribution in [0.25, 0.3) is 0 Å². The minimum Gasteiger partial charge on any atom is -0.312 e. The largest absolute Gasteiger partial charge is 0.312 e. The number of rotatable bonds is 3. The summed E-state index contributed by atoms with van der Waals surface area (Å²) < 4.78 is 0. The van der Waals surface area contributed by atoms with Crippen molar-refractivity contribution >= 4 is 23.5 Å². The van der Waals surface area contributed by atoms with E-state index in [-0.39, 0.29) is 0 Å². The van der Waals surface area contributed by atoms with Gasteiger partial charge in [-0.3, -0.25) is 0 Å². The van der Waals surface area contributed by atoms with Crippen molar-refractivity contribution in [3.8, 4) is 0 Å². The second-order valence-corrected chi connectivity index (χ2v) is 8.06. The Bertz CT molecular complexity index is 197. The molecular weight excluding hydrogens is 236 g/mol. The van der Waals surface area contributed by atoms with E-state index in [1.54, 1.807) is 0 Å². The van der Waals surface area contributed by atoms with Crippen LogP contribution >= 0.6 is 23.5 Å². The Morgan fingerprint density at radius 2 is 2.00 bits per heavy atom. The summed E-state index contributed by atoms with van der Waals surface area (Å²) in [6.45, 7) is 9.79. The van der Waals surface area contributed by atoms with Crippen LogP contribution in [0.4, 0.5) is 0 Å². The lowest BCUT2D eigenvalue weighted by molar-refractivity contribution is 0.257. The molecule has 4 heteroatoms. The molecular formula is C12H24N2S2. The first-order valence-corrected chi connectivity index (χ1v) is 8.52. The Labute approximate surface area is 108 Å². The Balaban J connectivity index is 1.68. The average molecular weight is 260 g/mol. The first kappa shape index (κ1) is 13.1. The number of thioether (sulfide) groups is 2. The fourth-order valence-electron chi connectivity index (χ4n) is 2.61. The molecule has 0 bridgehead atoms. The molecule has 0 aromatic heterocycles. The van der Waals surface area contributed by atoms with Gasteiger partial charge in [-0.1, -0.05) is 13.8 Å². The van der Waals surface area contributed by atoms with Gasteiger partial charge in [-0.25, -0.2) is 0 Å². The average Bonchev–Trinajstić information content (AvgIpc) is 2.27. The van der Waals surface area contributed by atoms with Crippen LogP contribution in [-0.4, -0.2) is 59.1 Å². The molecule has 0 spiro atoms. The maximum Gasteiger partial charge on any atom is 0.0170 e. The van der Waals surface area contributed by atoms with Gasteiger partial charge in [-0.05, 0) is 13.0 Å². The van der Waals surface area contributed by atoms with E-state index in [4.69, 9.17) is 0 Å². The summed E-state index contributed by atoms with van der Waals surface area (Å²) in [7, 11) is 0. The van der Waals surface area contributed by atoms with Crippen LogP contribution in [0.3, 0.4) is 0 Å². The van der Waals surface area contributed by atoms with E-state index in [1.165, 1.54) is 44.1 Å². The molecule has 3 atom stereocenters. The molecule has 0 radical (unpaired) electrons. The highest BCUT2D eigenvalue weighted by atomic mass is 32.2. The van der Waals surface area contributed by atoms with Crippen LogP contribution in [0.5, 0.6) is 0 Å². The van der Waals surface area contributed by atoms with E-state index in [0.717, 1.165) is 16.5 Å². The molecule has 0 aromatic rings. The third-order valence-electron chi connectivity index (χ3n) is 3.29. The molecule has 3 unspecified atom stereocenters. The predicted octanol–water partition coefficient (Wildman–Crippen LogP) is 1.91. The second kappa shape index (κ2) is 6.53. The fourth-order valence-corrected chi connectivity index (χ4v) is 5.00. The van der Waals surface area contributed by atoms with E-state index in [1.807, 2.05) is 0 Å². The number of hydrogen-bond acceptors (Lipinski definition) is 4. The van der Waals surface area contributed by atoms with Gasteiger partial charge in [0.25, 0.3) is 0 Å². The SMILES string of the molecule is CC1CN(CCC2CSCCN2)CC(C)S1. The van der Waals surface area contributed by atoms with Crippen molar-refractivity contribution in [2.24, 2.45) is 0 Å². The highest BCUT2D eigenvalue weighted by Crippen LogP contribution is 2.24. The van der Waals surface area contributed by atoms with Gasteiger partial charge in [0, 0.05) is 47.7 Å². The summed E-state index contributed by atoms with van der Waals surface area (Å²) in [5, 5.41) is 5.26. The zero-order valence-corrected chi connectivity index (χ0v) is 12.1. The molecule has 0 aliphatic carbocycles. The van der Waals surface area contributed by atoms with Crippen LogP contribution in [-0.2, 0) is 0 Å². The summed E-state index contributed by atoms with van der Waals surface area (Å²) in [6, 6.07) is 0.763. The van der Waals surface area contributed by atoms with Gasteiger partial charge >= 0.3 is 0 Å². The zero-order valence-electron chi connectivity index (χ0n) is 10.4. The van der Waals surface area contributed by atoms with E-state index < -0.39 is 0 Å². The van der Waals surface area contributed by atoms with Crippen molar-refractivity contribution in [2.75, 3.05) is 37.7 Å². The van der Waals surface area contributed by atoms with Gasteiger partial charge in [0.1, 0.15) is 0 Å². The Morgan fingerprint density at radius 3 is 2.62 bits per heavy atom. The van der Waals surface area contributed by atoms with Gasteiger partial charge in [0.05, 0.1) is 0 Å². The lowest BCUT2D eigenvalue weighted by Crippen LogP contribution is -2.44. The highest BCUT2D eigenvalue weighted by Gasteiger charge is 2.23. The number of nitrogens with one attached hydrogen (secondary N) is 1. The molecule has 2 aliphatic heterocycles. The van der Waals surface area contributed by atoms with Gasteiger partial charge in [-0.15, -0.1) is 0 Å². The summed E-state index contributed by atoms with van der Waals surface area (Å²) in [4.78, 5) is 2.66. The van der Waals surface area contributed by atoms with E-state index in [0.29, 0.717) is 0 Å². The molecule has 94 valence electrons. The summed E-state index contributed by atoms with van der Waals surface area (Å²) in [5.74, 6) is 2.61. The monoisotopic (exact) mass is 260 g/mol. The Hall–Kier alpha value is 0.620. The van der Waals surface area contributed by atoms with Crippen LogP contribution in [0, 0.1) is 0 Å². The standard InChI is InChI=1S/C12H24N2S2/c1-10-7-14(8-11(2)16-10)5-3-12-9-15-6-4-13-12/h10-13H,3-9H2,1-2H3. The zero-order chi connectivity index (χ0) is 11.4. The van der Waals surface area contributed by atoms with E-state index >= 15 is 0 Å². The van der Waals surface area contributed by atoms with Crippen molar-refractivity contribution in [3.05, 3.63) is 0 Å². The second-order valence-electron chi connectivity index (χ2n) is 5.03. The maximum atomic E-state index is 3.63. The van der Waals surface area contributed by atoms with E-state index in [2.05, 4.69) is 47.6 Å². The minimum atomic E-state index is 0.763. The minimum absolute atomic E-state index is 0.763. The van der Waals surface area contributed by atoms with Gasteiger partial charge in [-0.2, -0.15) is 23.5 Å². The maximum absolute atomic E-state index is 3.63. The van der Waals surface area contributed by atoms with Crippen molar-refractivity contribution in [1.82, 2.24) is 10.2 Å². The molecule has 0 amide bonds. The van der Waals surface area contributed by atoms with E-state index in [9.17, 15) is 0 Å². The number of hydrogen-bond donors (Lipinski definition) is 1. The molecule has 2 saturated heterocycles. The lowest BCUT2D eigenvalue weighted by Gasteiger charge is -2.35. The summed E-state index contributed by atoms with van der Waals surface area (Å²) in [6.07, 6.45) is 1.33. The Morgan fingerprint density at radius 1 is 1.25 bits per heavy atom. The van der Waals surface area contributed by atoms with Crippen molar-refractivity contribution in [3.63, 3.8) is 0 Å². The topological polar surface area (TPSA) is 15.3 Å². The van der Waals surface area contributed by atoms with Gasteiger partial charge < -0.3 is 10.2 Å². The molecule has 2 fully saturated rings. The normalized spacial score (nSPS) is 37.5. The van der Waals surface area contributed by atoms with Crippen LogP contribution in [0.1, 0.15) is 20.3 Å². The Kier molecular flexibility index (Phi) is 5.33. The quantitative estimate of drug-likeness (QED) is 0.833. The predicted molar refractivity (Wildman–Crippen MR) is 76.7 cm³/mol. The van der Waals surface area contributed by atoms with Crippen LogP contribution < -0.4 is 5.32 Å². The molecule has 2 heterocycles. The molecule has 0 saturated carbocycles. The molecule has 2 nitrogen and oxygen atoms in total. The summed E-state index contributed by atoms with van der Waals surface area (Å²) >= 11 is 4.25.